The maximum absolute atomic E-state index is 12.0. The lowest BCUT2D eigenvalue weighted by Crippen LogP contribution is -2.42. The van der Waals surface area contributed by atoms with Gasteiger partial charge in [-0.05, 0) is 35.1 Å². The molecule has 0 spiro atoms. The third-order valence-corrected chi connectivity index (χ3v) is 3.88. The van der Waals surface area contributed by atoms with Gasteiger partial charge in [-0.3, -0.25) is 9.59 Å². The van der Waals surface area contributed by atoms with Crippen LogP contribution in [0.3, 0.4) is 0 Å². The fourth-order valence-corrected chi connectivity index (χ4v) is 3.01. The molecule has 0 radical (unpaired) electrons. The highest BCUT2D eigenvalue weighted by Gasteiger charge is 2.24. The third kappa shape index (κ3) is 5.59. The number of esters is 2. The Kier molecular flexibility index (Phi) is 7.61. The summed E-state index contributed by atoms with van der Waals surface area (Å²) < 4.78 is 10.1. The molecule has 0 unspecified atom stereocenters. The molecule has 0 aliphatic heterocycles. The highest BCUT2D eigenvalue weighted by Crippen LogP contribution is 2.32. The quantitative estimate of drug-likeness (QED) is 0.604. The molecule has 138 valence electrons. The van der Waals surface area contributed by atoms with Gasteiger partial charge in [0.25, 0.3) is 0 Å². The smallest absolute Gasteiger partial charge is 0.328 e. The van der Waals surface area contributed by atoms with Gasteiger partial charge in [-0.15, -0.1) is 0 Å². The first-order valence-electron chi connectivity index (χ1n) is 8.39. The second kappa shape index (κ2) is 9.20. The summed E-state index contributed by atoms with van der Waals surface area (Å²) in [7, 11) is 1.29. The molecule has 1 amide bonds. The van der Waals surface area contributed by atoms with Crippen LogP contribution in [-0.4, -0.2) is 31.0 Å². The van der Waals surface area contributed by atoms with Gasteiger partial charge in [0, 0.05) is 20.3 Å². The Hall–Kier alpha value is -2.37. The highest BCUT2D eigenvalue weighted by atomic mass is 16.5. The van der Waals surface area contributed by atoms with Gasteiger partial charge in [-0.25, -0.2) is 4.79 Å². The van der Waals surface area contributed by atoms with Gasteiger partial charge in [0.2, 0.25) is 5.91 Å². The van der Waals surface area contributed by atoms with Crippen molar-refractivity contribution in [1.82, 2.24) is 5.32 Å². The molecule has 0 saturated heterocycles. The van der Waals surface area contributed by atoms with Gasteiger partial charge in [-0.1, -0.05) is 26.8 Å². The average Bonchev–Trinajstić information content (AvgIpc) is 2.52. The van der Waals surface area contributed by atoms with E-state index in [0.29, 0.717) is 18.6 Å². The summed E-state index contributed by atoms with van der Waals surface area (Å²) >= 11 is 0. The molecular weight excluding hydrogens is 322 g/mol. The number of ether oxygens (including phenoxy) is 2. The van der Waals surface area contributed by atoms with Crippen LogP contribution < -0.4 is 10.1 Å². The minimum Gasteiger partial charge on any atom is -0.467 e. The van der Waals surface area contributed by atoms with E-state index in [0.717, 1.165) is 16.7 Å². The van der Waals surface area contributed by atoms with Crippen LogP contribution in [0.4, 0.5) is 0 Å². The number of amides is 1. The van der Waals surface area contributed by atoms with Crippen molar-refractivity contribution in [2.75, 3.05) is 7.11 Å². The standard InChI is InChI=1S/C19H27NO5/c1-7-15-17(25-13(5)22)9-8-14(18(15)11(2)3)10-16(19(23)24-6)20-12(4)21/h8-9,11,16H,7,10H2,1-6H3,(H,20,21)/t16-/m0/s1. The number of nitrogens with one attached hydrogen (secondary N) is 1. The van der Waals surface area contributed by atoms with E-state index in [-0.39, 0.29) is 17.8 Å². The van der Waals surface area contributed by atoms with E-state index in [4.69, 9.17) is 9.47 Å². The molecule has 25 heavy (non-hydrogen) atoms. The lowest BCUT2D eigenvalue weighted by Gasteiger charge is -2.23. The monoisotopic (exact) mass is 349 g/mol. The lowest BCUT2D eigenvalue weighted by atomic mass is 9.87. The van der Waals surface area contributed by atoms with E-state index < -0.39 is 12.0 Å². The maximum Gasteiger partial charge on any atom is 0.328 e. The molecule has 6 heteroatoms. The molecular formula is C19H27NO5. The second-order valence-corrected chi connectivity index (χ2v) is 6.20. The summed E-state index contributed by atoms with van der Waals surface area (Å²) in [5.41, 5.74) is 2.89. The molecule has 0 aliphatic rings. The fourth-order valence-electron chi connectivity index (χ4n) is 3.01. The van der Waals surface area contributed by atoms with Gasteiger partial charge in [-0.2, -0.15) is 0 Å². The van der Waals surface area contributed by atoms with E-state index in [2.05, 4.69) is 5.32 Å². The Bertz CT molecular complexity index is 651. The van der Waals surface area contributed by atoms with Crippen molar-refractivity contribution in [1.29, 1.82) is 0 Å². The number of carbonyl (C=O) groups is 3. The number of benzene rings is 1. The van der Waals surface area contributed by atoms with Gasteiger partial charge < -0.3 is 14.8 Å². The van der Waals surface area contributed by atoms with E-state index in [9.17, 15) is 14.4 Å². The normalized spacial score (nSPS) is 11.8. The number of hydrogen-bond acceptors (Lipinski definition) is 5. The summed E-state index contributed by atoms with van der Waals surface area (Å²) in [6, 6.07) is 2.82. The van der Waals surface area contributed by atoms with Crippen LogP contribution in [0.25, 0.3) is 0 Å². The Morgan fingerprint density at radius 1 is 1.16 bits per heavy atom. The van der Waals surface area contributed by atoms with Crippen LogP contribution in [0.2, 0.25) is 0 Å². The zero-order chi connectivity index (χ0) is 19.1. The minimum atomic E-state index is -0.760. The predicted molar refractivity (Wildman–Crippen MR) is 94.5 cm³/mol. The first-order chi connectivity index (χ1) is 11.7. The van der Waals surface area contributed by atoms with Crippen molar-refractivity contribution < 1.29 is 23.9 Å². The van der Waals surface area contributed by atoms with E-state index in [1.807, 2.05) is 26.8 Å². The van der Waals surface area contributed by atoms with Crippen molar-refractivity contribution in [3.8, 4) is 5.75 Å². The minimum absolute atomic E-state index is 0.163. The summed E-state index contributed by atoms with van der Waals surface area (Å²) in [5.74, 6) is -0.462. The van der Waals surface area contributed by atoms with E-state index in [1.54, 1.807) is 6.07 Å². The molecule has 1 aromatic rings. The first-order valence-corrected chi connectivity index (χ1v) is 8.39. The van der Waals surface area contributed by atoms with E-state index in [1.165, 1.54) is 21.0 Å². The SMILES string of the molecule is CCc1c(OC(C)=O)ccc(C[C@H](NC(C)=O)C(=O)OC)c1C(C)C. The second-order valence-electron chi connectivity index (χ2n) is 6.20. The number of carbonyl (C=O) groups excluding carboxylic acids is 3. The number of rotatable bonds is 7. The zero-order valence-corrected chi connectivity index (χ0v) is 15.8. The molecule has 0 saturated carbocycles. The predicted octanol–water partition coefficient (Wildman–Crippen LogP) is 2.52. The Balaban J connectivity index is 3.35. The highest BCUT2D eigenvalue weighted by molar-refractivity contribution is 5.83. The van der Waals surface area contributed by atoms with E-state index >= 15 is 0 Å². The topological polar surface area (TPSA) is 81.7 Å². The van der Waals surface area contributed by atoms with Crippen LogP contribution in [0, 0.1) is 0 Å². The summed E-state index contributed by atoms with van der Waals surface area (Å²) in [6.45, 7) is 8.80. The molecule has 0 aliphatic carbocycles. The van der Waals surface area contributed by atoms with Crippen LogP contribution in [0.5, 0.6) is 5.75 Å². The molecule has 1 rings (SSSR count). The first kappa shape index (κ1) is 20.7. The molecule has 6 nitrogen and oxygen atoms in total. The lowest BCUT2D eigenvalue weighted by molar-refractivity contribution is -0.144. The van der Waals surface area contributed by atoms with Gasteiger partial charge >= 0.3 is 11.9 Å². The van der Waals surface area contributed by atoms with Crippen LogP contribution in [-0.2, 0) is 32.0 Å². The zero-order valence-electron chi connectivity index (χ0n) is 15.8. The Morgan fingerprint density at radius 2 is 1.80 bits per heavy atom. The summed E-state index contributed by atoms with van der Waals surface area (Å²) in [5, 5.41) is 2.63. The third-order valence-electron chi connectivity index (χ3n) is 3.88. The van der Waals surface area contributed by atoms with Crippen LogP contribution in [0.1, 0.15) is 57.2 Å². The van der Waals surface area contributed by atoms with Crippen molar-refractivity contribution in [3.63, 3.8) is 0 Å². The summed E-state index contributed by atoms with van der Waals surface area (Å²) in [4.78, 5) is 34.7. The molecule has 0 aromatic heterocycles. The van der Waals surface area contributed by atoms with Crippen molar-refractivity contribution in [2.45, 2.75) is 59.4 Å². The molecule has 1 N–H and O–H groups in total. The van der Waals surface area contributed by atoms with Crippen molar-refractivity contribution in [2.24, 2.45) is 0 Å². The molecule has 1 atom stereocenters. The van der Waals surface area contributed by atoms with Crippen LogP contribution in [0.15, 0.2) is 12.1 Å². The van der Waals surface area contributed by atoms with Crippen molar-refractivity contribution >= 4 is 17.8 Å². The molecule has 0 heterocycles. The maximum atomic E-state index is 12.0. The average molecular weight is 349 g/mol. The van der Waals surface area contributed by atoms with Gasteiger partial charge in [0.05, 0.1) is 7.11 Å². The molecule has 0 bridgehead atoms. The fraction of sp³-hybridized carbons (Fsp3) is 0.526. The molecule has 1 aromatic carbocycles. The largest absolute Gasteiger partial charge is 0.467 e. The van der Waals surface area contributed by atoms with Crippen molar-refractivity contribution in [3.05, 3.63) is 28.8 Å². The van der Waals surface area contributed by atoms with Gasteiger partial charge in [0.1, 0.15) is 11.8 Å². The Morgan fingerprint density at radius 3 is 2.24 bits per heavy atom. The number of methoxy groups -OCH3 is 1. The number of hydrogen-bond donors (Lipinski definition) is 1. The Labute approximate surface area is 148 Å². The molecule has 0 fully saturated rings. The van der Waals surface area contributed by atoms with Gasteiger partial charge in [0.15, 0.2) is 0 Å². The summed E-state index contributed by atoms with van der Waals surface area (Å²) in [6.07, 6.45) is 1.00. The van der Waals surface area contributed by atoms with Crippen LogP contribution >= 0.6 is 0 Å².